The first-order valence-electron chi connectivity index (χ1n) is 8.22. The Kier molecular flexibility index (Phi) is 8.02. The van der Waals surface area contributed by atoms with E-state index in [0.29, 0.717) is 17.9 Å². The lowest BCUT2D eigenvalue weighted by Crippen LogP contribution is -2.31. The van der Waals surface area contributed by atoms with Gasteiger partial charge in [0.05, 0.1) is 18.2 Å². The molecule has 1 heterocycles. The van der Waals surface area contributed by atoms with E-state index in [-0.39, 0.29) is 30.3 Å². The second-order valence-electron chi connectivity index (χ2n) is 6.19. The summed E-state index contributed by atoms with van der Waals surface area (Å²) in [4.78, 5) is 12.4. The normalized spacial score (nSPS) is 11.9. The molecule has 0 bridgehead atoms. The molecule has 0 aliphatic rings. The summed E-state index contributed by atoms with van der Waals surface area (Å²) >= 11 is 0. The molecule has 4 nitrogen and oxygen atoms in total. The first-order chi connectivity index (χ1) is 11.0. The molecule has 0 radical (unpaired) electrons. The molecular formula is C19H27ClN2O2. The van der Waals surface area contributed by atoms with Crippen molar-refractivity contribution in [3.8, 4) is 0 Å². The molecule has 0 saturated heterocycles. The van der Waals surface area contributed by atoms with Crippen molar-refractivity contribution in [3.63, 3.8) is 0 Å². The average molecular weight is 351 g/mol. The van der Waals surface area contributed by atoms with Crippen molar-refractivity contribution in [2.24, 2.45) is 11.7 Å². The Hall–Kier alpha value is -1.78. The number of benzene rings is 1. The van der Waals surface area contributed by atoms with Gasteiger partial charge in [-0.25, -0.2) is 0 Å². The lowest BCUT2D eigenvalue weighted by molar-refractivity contribution is 0.0925. The number of furan rings is 1. The number of hydrogen-bond donors (Lipinski definition) is 2. The van der Waals surface area contributed by atoms with Gasteiger partial charge in [0.15, 0.2) is 0 Å². The van der Waals surface area contributed by atoms with Crippen LogP contribution in [0.4, 0.5) is 0 Å². The summed E-state index contributed by atoms with van der Waals surface area (Å²) in [6.07, 6.45) is 3.67. The van der Waals surface area contributed by atoms with Crippen molar-refractivity contribution >= 4 is 18.3 Å². The fraction of sp³-hybridized carbons (Fsp3) is 0.421. The van der Waals surface area contributed by atoms with Gasteiger partial charge in [0.25, 0.3) is 5.91 Å². The molecule has 2 aromatic rings. The Bertz CT molecular complexity index is 635. The topological polar surface area (TPSA) is 68.3 Å². The smallest absolute Gasteiger partial charge is 0.255 e. The van der Waals surface area contributed by atoms with E-state index in [2.05, 4.69) is 50.4 Å². The highest BCUT2D eigenvalue weighted by molar-refractivity contribution is 5.94. The molecule has 1 unspecified atom stereocenters. The molecule has 0 saturated carbocycles. The number of aryl methyl sites for hydroxylation is 1. The number of nitrogens with one attached hydrogen (secondary N) is 1. The van der Waals surface area contributed by atoms with E-state index in [1.807, 2.05) is 0 Å². The molecule has 0 spiro atoms. The third-order valence-corrected chi connectivity index (χ3v) is 3.95. The van der Waals surface area contributed by atoms with Crippen molar-refractivity contribution < 1.29 is 9.21 Å². The zero-order chi connectivity index (χ0) is 16.8. The Morgan fingerprint density at radius 2 is 1.92 bits per heavy atom. The molecule has 132 valence electrons. The van der Waals surface area contributed by atoms with Crippen LogP contribution >= 0.6 is 12.4 Å². The summed E-state index contributed by atoms with van der Waals surface area (Å²) in [7, 11) is 0. The molecule has 1 aromatic carbocycles. The highest BCUT2D eigenvalue weighted by Crippen LogP contribution is 2.23. The standard InChI is InChI=1S/C19H26N2O2.ClH/c1-4-5-14-6-8-15(9-7-14)18(13(2)3)21-19(22)16-10-17(11-20)23-12-16;/h6-10,12-13,18H,4-5,11,20H2,1-3H3,(H,21,22);1H. The van der Waals surface area contributed by atoms with Gasteiger partial charge in [0.2, 0.25) is 0 Å². The molecule has 0 aliphatic carbocycles. The molecule has 1 aromatic heterocycles. The van der Waals surface area contributed by atoms with Crippen LogP contribution in [-0.4, -0.2) is 5.91 Å². The number of hydrogen-bond acceptors (Lipinski definition) is 3. The van der Waals surface area contributed by atoms with Gasteiger partial charge in [-0.3, -0.25) is 4.79 Å². The number of halogens is 1. The second kappa shape index (κ2) is 9.50. The van der Waals surface area contributed by atoms with E-state index in [1.165, 1.54) is 11.8 Å². The van der Waals surface area contributed by atoms with Gasteiger partial charge >= 0.3 is 0 Å². The predicted molar refractivity (Wildman–Crippen MR) is 99.3 cm³/mol. The Morgan fingerprint density at radius 1 is 1.25 bits per heavy atom. The van der Waals surface area contributed by atoms with Gasteiger partial charge in [-0.1, -0.05) is 51.5 Å². The van der Waals surface area contributed by atoms with Crippen molar-refractivity contribution in [1.29, 1.82) is 0 Å². The van der Waals surface area contributed by atoms with E-state index < -0.39 is 0 Å². The third kappa shape index (κ3) is 5.11. The van der Waals surface area contributed by atoms with Crippen LogP contribution in [0.1, 0.15) is 60.5 Å². The maximum Gasteiger partial charge on any atom is 0.255 e. The summed E-state index contributed by atoms with van der Waals surface area (Å²) in [5.41, 5.74) is 8.48. The summed E-state index contributed by atoms with van der Waals surface area (Å²) in [5.74, 6) is 0.766. The maximum absolute atomic E-state index is 12.4. The summed E-state index contributed by atoms with van der Waals surface area (Å²) < 4.78 is 5.24. The van der Waals surface area contributed by atoms with E-state index >= 15 is 0 Å². The minimum atomic E-state index is -0.134. The maximum atomic E-state index is 12.4. The van der Waals surface area contributed by atoms with Gasteiger partial charge in [-0.15, -0.1) is 12.4 Å². The number of rotatable bonds is 7. The lowest BCUT2D eigenvalue weighted by Gasteiger charge is -2.23. The van der Waals surface area contributed by atoms with Crippen LogP contribution in [0.2, 0.25) is 0 Å². The molecule has 3 N–H and O–H groups in total. The van der Waals surface area contributed by atoms with Crippen LogP contribution in [-0.2, 0) is 13.0 Å². The molecule has 0 aliphatic heterocycles. The zero-order valence-electron chi connectivity index (χ0n) is 14.5. The summed E-state index contributed by atoms with van der Waals surface area (Å²) in [6, 6.07) is 10.2. The van der Waals surface area contributed by atoms with Crippen molar-refractivity contribution in [2.75, 3.05) is 0 Å². The Labute approximate surface area is 150 Å². The van der Waals surface area contributed by atoms with E-state index in [0.717, 1.165) is 18.4 Å². The van der Waals surface area contributed by atoms with Gasteiger partial charge in [-0.05, 0) is 29.5 Å². The molecule has 1 amide bonds. The average Bonchev–Trinajstić information content (AvgIpc) is 3.02. The molecule has 24 heavy (non-hydrogen) atoms. The number of amides is 1. The minimum absolute atomic E-state index is 0. The first kappa shape index (κ1) is 20.3. The SMILES string of the molecule is CCCc1ccc(C(NC(=O)c2coc(CN)c2)C(C)C)cc1.Cl. The van der Waals surface area contributed by atoms with Crippen LogP contribution in [0.25, 0.3) is 0 Å². The van der Waals surface area contributed by atoms with Gasteiger partial charge < -0.3 is 15.5 Å². The molecule has 1 atom stereocenters. The van der Waals surface area contributed by atoms with Gasteiger partial charge in [0, 0.05) is 0 Å². The molecule has 2 rings (SSSR count). The summed E-state index contributed by atoms with van der Waals surface area (Å²) in [6.45, 7) is 6.67. The van der Waals surface area contributed by atoms with E-state index in [4.69, 9.17) is 10.2 Å². The highest BCUT2D eigenvalue weighted by atomic mass is 35.5. The van der Waals surface area contributed by atoms with Crippen molar-refractivity contribution in [3.05, 3.63) is 59.0 Å². The lowest BCUT2D eigenvalue weighted by atomic mass is 9.94. The quantitative estimate of drug-likeness (QED) is 0.784. The fourth-order valence-electron chi connectivity index (χ4n) is 2.65. The third-order valence-electron chi connectivity index (χ3n) is 3.95. The fourth-order valence-corrected chi connectivity index (χ4v) is 2.65. The van der Waals surface area contributed by atoms with Crippen LogP contribution in [0.15, 0.2) is 41.0 Å². The van der Waals surface area contributed by atoms with Crippen molar-refractivity contribution in [2.45, 2.75) is 46.2 Å². The number of nitrogens with two attached hydrogens (primary N) is 1. The van der Waals surface area contributed by atoms with Gasteiger partial charge in [0.1, 0.15) is 12.0 Å². The minimum Gasteiger partial charge on any atom is -0.467 e. The van der Waals surface area contributed by atoms with Gasteiger partial charge in [-0.2, -0.15) is 0 Å². The monoisotopic (exact) mass is 350 g/mol. The summed E-state index contributed by atoms with van der Waals surface area (Å²) in [5, 5.41) is 3.10. The van der Waals surface area contributed by atoms with E-state index in [1.54, 1.807) is 6.07 Å². The Balaban J connectivity index is 0.00000288. The zero-order valence-corrected chi connectivity index (χ0v) is 15.4. The molecule has 5 heteroatoms. The molecule has 0 fully saturated rings. The molecular weight excluding hydrogens is 324 g/mol. The van der Waals surface area contributed by atoms with E-state index in [9.17, 15) is 4.79 Å². The van der Waals surface area contributed by atoms with Crippen molar-refractivity contribution in [1.82, 2.24) is 5.32 Å². The number of carbonyl (C=O) groups is 1. The largest absolute Gasteiger partial charge is 0.467 e. The van der Waals surface area contributed by atoms with Crippen LogP contribution in [0, 0.1) is 5.92 Å². The first-order valence-corrected chi connectivity index (χ1v) is 8.22. The van der Waals surface area contributed by atoms with Crippen LogP contribution < -0.4 is 11.1 Å². The predicted octanol–water partition coefficient (Wildman–Crippen LogP) is 4.24. The Morgan fingerprint density at radius 3 is 2.42 bits per heavy atom. The van der Waals surface area contributed by atoms with Crippen LogP contribution in [0.3, 0.4) is 0 Å². The highest BCUT2D eigenvalue weighted by Gasteiger charge is 2.20. The second-order valence-corrected chi connectivity index (χ2v) is 6.19. The van der Waals surface area contributed by atoms with Crippen LogP contribution in [0.5, 0.6) is 0 Å². The number of carbonyl (C=O) groups excluding carboxylic acids is 1.